The average molecular weight is 435 g/mol. The smallest absolute Gasteiger partial charge is 0.0211 e. The molecule has 2 atom stereocenters. The maximum atomic E-state index is 2.29. The second-order valence-electron chi connectivity index (χ2n) is 9.46. The number of rotatable bonds is 7. The highest BCUT2D eigenvalue weighted by Gasteiger charge is 2.06. The Bertz CT molecular complexity index is 494. The van der Waals surface area contributed by atoms with E-state index in [1.54, 1.807) is 0 Å². The van der Waals surface area contributed by atoms with E-state index in [-0.39, 0.29) is 0 Å². The molecule has 0 saturated heterocycles. The van der Waals surface area contributed by atoms with Gasteiger partial charge in [0, 0.05) is 0 Å². The third-order valence-electron chi connectivity index (χ3n) is 6.54. The molecule has 0 heteroatoms. The van der Waals surface area contributed by atoms with Gasteiger partial charge in [-0.2, -0.15) is 0 Å². The molecule has 0 aromatic heterocycles. The second kappa shape index (κ2) is 25.2. The van der Waals surface area contributed by atoms with Crippen LogP contribution in [-0.4, -0.2) is 0 Å². The van der Waals surface area contributed by atoms with Crippen molar-refractivity contribution in [3.8, 4) is 0 Å². The predicted octanol–water partition coefficient (Wildman–Crippen LogP) is 11.6. The largest absolute Gasteiger partial charge is 0.0887 e. The average Bonchev–Trinajstić information content (AvgIpc) is 2.77. The first-order valence-electron chi connectivity index (χ1n) is 12.8. The van der Waals surface area contributed by atoms with Crippen LogP contribution in [0.15, 0.2) is 46.6 Å². The van der Waals surface area contributed by atoms with Crippen molar-refractivity contribution in [2.45, 2.75) is 130 Å². The molecule has 0 heterocycles. The number of allylic oxidation sites excluding steroid dienone is 8. The molecule has 0 saturated carbocycles. The van der Waals surface area contributed by atoms with Crippen molar-refractivity contribution >= 4 is 0 Å². The Kier molecular flexibility index (Phi) is 30.3. The van der Waals surface area contributed by atoms with E-state index in [2.05, 4.69) is 135 Å². The molecule has 0 fully saturated rings. The van der Waals surface area contributed by atoms with Gasteiger partial charge in [-0.05, 0) is 91.9 Å². The fourth-order valence-electron chi connectivity index (χ4n) is 2.27. The van der Waals surface area contributed by atoms with Gasteiger partial charge in [0.15, 0.2) is 0 Å². The molecule has 0 N–H and O–H groups in total. The van der Waals surface area contributed by atoms with Gasteiger partial charge in [0.05, 0.1) is 0 Å². The van der Waals surface area contributed by atoms with E-state index in [9.17, 15) is 0 Å². The van der Waals surface area contributed by atoms with Gasteiger partial charge in [0.2, 0.25) is 0 Å². The first kappa shape index (κ1) is 37.3. The standard InChI is InChI=1S/2C9H18.C7H14.C6H12/c1-6-8(4)9(5)7(2)3;1-5-7-9(4)8(3)6-2;1-5-7(4)6(2)3;1-4-6(3)5-2/h6-7,9H,1-5H3;6,9H,5,7H2,1-4H3;5-6H,1-4H3;4H,5H2,1-3H3/b2*8-6-;7-5-;6-4-. The van der Waals surface area contributed by atoms with Crippen molar-refractivity contribution in [2.24, 2.45) is 23.7 Å². The summed E-state index contributed by atoms with van der Waals surface area (Å²) in [4.78, 5) is 0. The van der Waals surface area contributed by atoms with E-state index < -0.39 is 0 Å². The zero-order valence-electron chi connectivity index (χ0n) is 24.7. The zero-order valence-corrected chi connectivity index (χ0v) is 24.7. The van der Waals surface area contributed by atoms with Gasteiger partial charge < -0.3 is 0 Å². The molecule has 0 nitrogen and oxygen atoms in total. The highest BCUT2D eigenvalue weighted by Crippen LogP contribution is 2.18. The quantitative estimate of drug-likeness (QED) is 0.349. The van der Waals surface area contributed by atoms with E-state index in [1.807, 2.05) is 0 Å². The summed E-state index contributed by atoms with van der Waals surface area (Å²) in [7, 11) is 0. The van der Waals surface area contributed by atoms with Crippen molar-refractivity contribution in [1.29, 1.82) is 0 Å². The lowest BCUT2D eigenvalue weighted by molar-refractivity contribution is 0.479. The summed E-state index contributed by atoms with van der Waals surface area (Å²) in [6.45, 7) is 35.0. The monoisotopic (exact) mass is 434 g/mol. The Morgan fingerprint density at radius 3 is 1.16 bits per heavy atom. The van der Waals surface area contributed by atoms with Crippen LogP contribution in [-0.2, 0) is 0 Å². The minimum Gasteiger partial charge on any atom is -0.0887 e. The molecule has 0 aromatic rings. The van der Waals surface area contributed by atoms with Crippen molar-refractivity contribution < 1.29 is 0 Å². The van der Waals surface area contributed by atoms with Gasteiger partial charge in [0.25, 0.3) is 0 Å². The summed E-state index contributed by atoms with van der Waals surface area (Å²) >= 11 is 0. The molecule has 0 spiro atoms. The van der Waals surface area contributed by atoms with Gasteiger partial charge in [-0.3, -0.25) is 0 Å². The topological polar surface area (TPSA) is 0 Å². The molecule has 0 aliphatic carbocycles. The Hall–Kier alpha value is -1.04. The molecule has 0 aromatic carbocycles. The molecular weight excluding hydrogens is 372 g/mol. The maximum Gasteiger partial charge on any atom is -0.0211 e. The van der Waals surface area contributed by atoms with Crippen LogP contribution < -0.4 is 0 Å². The molecule has 0 aliphatic heterocycles. The number of hydrogen-bond acceptors (Lipinski definition) is 0. The summed E-state index contributed by atoms with van der Waals surface area (Å²) in [5, 5.41) is 0. The summed E-state index contributed by atoms with van der Waals surface area (Å²) in [6.07, 6.45) is 12.5. The van der Waals surface area contributed by atoms with Crippen LogP contribution in [0.5, 0.6) is 0 Å². The van der Waals surface area contributed by atoms with E-state index in [0.29, 0.717) is 0 Å². The third-order valence-corrected chi connectivity index (χ3v) is 6.54. The lowest BCUT2D eigenvalue weighted by atomic mass is 9.91. The van der Waals surface area contributed by atoms with Crippen molar-refractivity contribution in [1.82, 2.24) is 0 Å². The minimum atomic E-state index is 0.727. The molecule has 31 heavy (non-hydrogen) atoms. The highest BCUT2D eigenvalue weighted by molar-refractivity contribution is 5.01. The molecule has 0 radical (unpaired) electrons. The molecule has 0 rings (SSSR count). The van der Waals surface area contributed by atoms with E-state index >= 15 is 0 Å². The van der Waals surface area contributed by atoms with Crippen LogP contribution in [0.3, 0.4) is 0 Å². The predicted molar refractivity (Wildman–Crippen MR) is 151 cm³/mol. The molecular formula is C31H62. The summed E-state index contributed by atoms with van der Waals surface area (Å²) < 4.78 is 0. The fraction of sp³-hybridized carbons (Fsp3) is 0.742. The van der Waals surface area contributed by atoms with Crippen molar-refractivity contribution in [3.05, 3.63) is 46.6 Å². The Labute approximate surface area is 200 Å². The number of hydrogen-bond donors (Lipinski definition) is 0. The van der Waals surface area contributed by atoms with E-state index in [0.717, 1.165) is 23.7 Å². The fourth-order valence-corrected chi connectivity index (χ4v) is 2.27. The van der Waals surface area contributed by atoms with Crippen LogP contribution in [0, 0.1) is 23.7 Å². The van der Waals surface area contributed by atoms with Crippen LogP contribution in [0.25, 0.3) is 0 Å². The Morgan fingerprint density at radius 1 is 0.613 bits per heavy atom. The van der Waals surface area contributed by atoms with Gasteiger partial charge in [-0.25, -0.2) is 0 Å². The van der Waals surface area contributed by atoms with Gasteiger partial charge in [-0.15, -0.1) is 0 Å². The second-order valence-corrected chi connectivity index (χ2v) is 9.46. The maximum absolute atomic E-state index is 2.29. The molecule has 0 aliphatic rings. The van der Waals surface area contributed by atoms with Crippen LogP contribution in [0.2, 0.25) is 0 Å². The summed E-state index contributed by atoms with van der Waals surface area (Å²) in [5.41, 5.74) is 5.97. The lowest BCUT2D eigenvalue weighted by Crippen LogP contribution is -2.04. The first-order valence-corrected chi connectivity index (χ1v) is 12.8. The van der Waals surface area contributed by atoms with Crippen LogP contribution >= 0.6 is 0 Å². The van der Waals surface area contributed by atoms with E-state index in [4.69, 9.17) is 0 Å². The normalized spacial score (nSPS) is 14.6. The van der Waals surface area contributed by atoms with Crippen molar-refractivity contribution in [2.75, 3.05) is 0 Å². The molecule has 2 unspecified atom stereocenters. The Morgan fingerprint density at radius 2 is 1.03 bits per heavy atom. The summed E-state index contributed by atoms with van der Waals surface area (Å²) in [5.74, 6) is 3.04. The van der Waals surface area contributed by atoms with Gasteiger partial charge >= 0.3 is 0 Å². The lowest BCUT2D eigenvalue weighted by Gasteiger charge is -2.15. The van der Waals surface area contributed by atoms with E-state index in [1.165, 1.54) is 41.6 Å². The van der Waals surface area contributed by atoms with Gasteiger partial charge in [-0.1, -0.05) is 108 Å². The SMILES string of the molecule is C/C=C(/C)C(C)C.C/C=C(/C)C(C)C(C)C.C/C=C(/C)C(C)CCC.C/C=C(/C)CC. The van der Waals surface area contributed by atoms with Crippen LogP contribution in [0.4, 0.5) is 0 Å². The minimum absolute atomic E-state index is 0.727. The van der Waals surface area contributed by atoms with Gasteiger partial charge in [0.1, 0.15) is 0 Å². The first-order chi connectivity index (χ1) is 14.3. The Balaban J connectivity index is -0.000000159. The third kappa shape index (κ3) is 26.9. The molecule has 0 bridgehead atoms. The molecule has 0 amide bonds. The summed E-state index contributed by atoms with van der Waals surface area (Å²) in [6, 6.07) is 0. The highest BCUT2D eigenvalue weighted by atomic mass is 14.1. The van der Waals surface area contributed by atoms with Crippen molar-refractivity contribution in [3.63, 3.8) is 0 Å². The van der Waals surface area contributed by atoms with Crippen LogP contribution in [0.1, 0.15) is 130 Å². The zero-order chi connectivity index (χ0) is 25.6. The molecule has 186 valence electrons.